The summed E-state index contributed by atoms with van der Waals surface area (Å²) < 4.78 is 0. The van der Waals surface area contributed by atoms with E-state index in [1.807, 2.05) is 18.8 Å². The molecule has 0 aliphatic heterocycles. The van der Waals surface area contributed by atoms with Crippen LogP contribution in [-0.4, -0.2) is 12.3 Å². The Kier molecular flexibility index (Phi) is 5.20. The molecule has 0 heterocycles. The van der Waals surface area contributed by atoms with Crippen LogP contribution < -0.4 is 5.32 Å². The first-order chi connectivity index (χ1) is 7.13. The summed E-state index contributed by atoms with van der Waals surface area (Å²) >= 11 is 1.96. The lowest BCUT2D eigenvalue weighted by Crippen LogP contribution is -2.06. The molecule has 0 aromatic heterocycles. The van der Waals surface area contributed by atoms with Crippen molar-refractivity contribution in [1.29, 1.82) is 0 Å². The van der Waals surface area contributed by atoms with E-state index in [1.165, 1.54) is 10.5 Å². The van der Waals surface area contributed by atoms with Gasteiger partial charge in [-0.2, -0.15) is 0 Å². The summed E-state index contributed by atoms with van der Waals surface area (Å²) in [6.45, 7) is 7.78. The minimum absolute atomic E-state index is 0.681. The predicted molar refractivity (Wildman–Crippen MR) is 69.4 cm³/mol. The molecule has 1 unspecified atom stereocenters. The maximum Gasteiger partial charge on any atom is 0.0202 e. The Morgan fingerprint density at radius 2 is 1.73 bits per heavy atom. The monoisotopic (exact) mass is 223 g/mol. The third-order valence-electron chi connectivity index (χ3n) is 2.57. The standard InChI is InChI=1S/C13H21NS/c1-10(2)11(3)15-13-7-5-12(6-8-13)9-14-4/h5-8,10-11,14H,9H2,1-4H3. The normalized spacial score (nSPS) is 13.1. The van der Waals surface area contributed by atoms with Gasteiger partial charge in [0.1, 0.15) is 0 Å². The fourth-order valence-electron chi connectivity index (χ4n) is 1.24. The van der Waals surface area contributed by atoms with E-state index in [1.54, 1.807) is 0 Å². The molecule has 0 radical (unpaired) electrons. The van der Waals surface area contributed by atoms with E-state index < -0.39 is 0 Å². The van der Waals surface area contributed by atoms with Gasteiger partial charge in [0.05, 0.1) is 0 Å². The van der Waals surface area contributed by atoms with Crippen LogP contribution in [0.25, 0.3) is 0 Å². The second kappa shape index (κ2) is 6.19. The van der Waals surface area contributed by atoms with Gasteiger partial charge >= 0.3 is 0 Å². The maximum atomic E-state index is 3.16. The lowest BCUT2D eigenvalue weighted by Gasteiger charge is -2.14. The van der Waals surface area contributed by atoms with Crippen LogP contribution in [0.4, 0.5) is 0 Å². The highest BCUT2D eigenvalue weighted by atomic mass is 32.2. The summed E-state index contributed by atoms with van der Waals surface area (Å²) in [5.74, 6) is 0.729. The number of hydrogen-bond acceptors (Lipinski definition) is 2. The summed E-state index contributed by atoms with van der Waals surface area (Å²) in [6.07, 6.45) is 0. The molecule has 2 heteroatoms. The van der Waals surface area contributed by atoms with Crippen LogP contribution in [0.15, 0.2) is 29.2 Å². The summed E-state index contributed by atoms with van der Waals surface area (Å²) in [4.78, 5) is 1.37. The van der Waals surface area contributed by atoms with Gasteiger partial charge in [0, 0.05) is 16.7 Å². The number of thioether (sulfide) groups is 1. The van der Waals surface area contributed by atoms with Crippen molar-refractivity contribution in [2.24, 2.45) is 5.92 Å². The molecular weight excluding hydrogens is 202 g/mol. The molecule has 0 aliphatic rings. The molecule has 15 heavy (non-hydrogen) atoms. The molecule has 1 N–H and O–H groups in total. The molecule has 1 nitrogen and oxygen atoms in total. The molecular formula is C13H21NS. The van der Waals surface area contributed by atoms with Crippen molar-refractivity contribution < 1.29 is 0 Å². The predicted octanol–water partition coefficient (Wildman–Crippen LogP) is 3.54. The van der Waals surface area contributed by atoms with Crippen molar-refractivity contribution in [3.8, 4) is 0 Å². The Morgan fingerprint density at radius 3 is 2.20 bits per heavy atom. The zero-order valence-corrected chi connectivity index (χ0v) is 10.9. The van der Waals surface area contributed by atoms with Crippen LogP contribution >= 0.6 is 11.8 Å². The van der Waals surface area contributed by atoms with Gasteiger partial charge in [-0.3, -0.25) is 0 Å². The van der Waals surface area contributed by atoms with Crippen LogP contribution in [0, 0.1) is 5.92 Å². The van der Waals surface area contributed by atoms with E-state index in [0.29, 0.717) is 5.25 Å². The maximum absolute atomic E-state index is 3.16. The summed E-state index contributed by atoms with van der Waals surface area (Å²) in [5.41, 5.74) is 1.35. The third-order valence-corrected chi connectivity index (χ3v) is 4.03. The van der Waals surface area contributed by atoms with Crippen molar-refractivity contribution >= 4 is 11.8 Å². The molecule has 0 amide bonds. The lowest BCUT2D eigenvalue weighted by atomic mass is 10.2. The highest BCUT2D eigenvalue weighted by Gasteiger charge is 2.08. The average Bonchev–Trinajstić information content (AvgIpc) is 2.21. The quantitative estimate of drug-likeness (QED) is 0.766. The Hall–Kier alpha value is -0.470. The second-order valence-corrected chi connectivity index (χ2v) is 5.69. The lowest BCUT2D eigenvalue weighted by molar-refractivity contribution is 0.642. The third kappa shape index (κ3) is 4.27. The molecule has 0 saturated carbocycles. The zero-order valence-electron chi connectivity index (χ0n) is 10.1. The van der Waals surface area contributed by atoms with Crippen LogP contribution in [0.3, 0.4) is 0 Å². The molecule has 0 spiro atoms. The molecule has 1 aromatic rings. The molecule has 0 aliphatic carbocycles. The van der Waals surface area contributed by atoms with Crippen molar-refractivity contribution in [3.05, 3.63) is 29.8 Å². The van der Waals surface area contributed by atoms with Crippen LogP contribution in [0.1, 0.15) is 26.3 Å². The van der Waals surface area contributed by atoms with Gasteiger partial charge in [-0.15, -0.1) is 11.8 Å². The number of benzene rings is 1. The molecule has 0 bridgehead atoms. The fourth-order valence-corrected chi connectivity index (χ4v) is 2.24. The number of rotatable bonds is 5. The Morgan fingerprint density at radius 1 is 1.13 bits per heavy atom. The molecule has 1 rings (SSSR count). The molecule has 1 aromatic carbocycles. The second-order valence-electron chi connectivity index (χ2n) is 4.24. The van der Waals surface area contributed by atoms with Gasteiger partial charge in [0.15, 0.2) is 0 Å². The topological polar surface area (TPSA) is 12.0 Å². The van der Waals surface area contributed by atoms with Crippen LogP contribution in [0.5, 0.6) is 0 Å². The van der Waals surface area contributed by atoms with Crippen molar-refractivity contribution in [3.63, 3.8) is 0 Å². The summed E-state index contributed by atoms with van der Waals surface area (Å²) in [7, 11) is 1.98. The van der Waals surface area contributed by atoms with Crippen LogP contribution in [0.2, 0.25) is 0 Å². The summed E-state index contributed by atoms with van der Waals surface area (Å²) in [6, 6.07) is 8.84. The number of nitrogens with one attached hydrogen (secondary N) is 1. The molecule has 84 valence electrons. The van der Waals surface area contributed by atoms with Gasteiger partial charge in [0.2, 0.25) is 0 Å². The number of hydrogen-bond donors (Lipinski definition) is 1. The SMILES string of the molecule is CNCc1ccc(SC(C)C(C)C)cc1. The molecule has 1 atom stereocenters. The Bertz CT molecular complexity index is 279. The van der Waals surface area contributed by atoms with E-state index in [9.17, 15) is 0 Å². The van der Waals surface area contributed by atoms with Gasteiger partial charge < -0.3 is 5.32 Å². The van der Waals surface area contributed by atoms with E-state index in [2.05, 4.69) is 50.4 Å². The largest absolute Gasteiger partial charge is 0.316 e. The van der Waals surface area contributed by atoms with E-state index >= 15 is 0 Å². The van der Waals surface area contributed by atoms with Crippen molar-refractivity contribution in [1.82, 2.24) is 5.32 Å². The Labute approximate surface area is 97.7 Å². The van der Waals surface area contributed by atoms with E-state index in [4.69, 9.17) is 0 Å². The first kappa shape index (κ1) is 12.6. The van der Waals surface area contributed by atoms with Crippen molar-refractivity contribution in [2.75, 3.05) is 7.05 Å². The van der Waals surface area contributed by atoms with E-state index in [-0.39, 0.29) is 0 Å². The van der Waals surface area contributed by atoms with Gasteiger partial charge in [-0.1, -0.05) is 32.9 Å². The van der Waals surface area contributed by atoms with Gasteiger partial charge in [0.25, 0.3) is 0 Å². The first-order valence-electron chi connectivity index (χ1n) is 5.53. The average molecular weight is 223 g/mol. The minimum Gasteiger partial charge on any atom is -0.316 e. The Balaban J connectivity index is 2.56. The minimum atomic E-state index is 0.681. The smallest absolute Gasteiger partial charge is 0.0202 e. The fraction of sp³-hybridized carbons (Fsp3) is 0.538. The van der Waals surface area contributed by atoms with Gasteiger partial charge in [-0.25, -0.2) is 0 Å². The van der Waals surface area contributed by atoms with Gasteiger partial charge in [-0.05, 0) is 30.7 Å². The molecule has 0 fully saturated rings. The van der Waals surface area contributed by atoms with Crippen LogP contribution in [-0.2, 0) is 6.54 Å². The van der Waals surface area contributed by atoms with E-state index in [0.717, 1.165) is 12.5 Å². The van der Waals surface area contributed by atoms with Crippen molar-refractivity contribution in [2.45, 2.75) is 37.5 Å². The first-order valence-corrected chi connectivity index (χ1v) is 6.41. The molecule has 0 saturated heterocycles. The summed E-state index contributed by atoms with van der Waals surface area (Å²) in [5, 5.41) is 3.84. The highest BCUT2D eigenvalue weighted by molar-refractivity contribution is 8.00. The highest BCUT2D eigenvalue weighted by Crippen LogP contribution is 2.27. The zero-order chi connectivity index (χ0) is 11.3.